The van der Waals surface area contributed by atoms with Crippen molar-refractivity contribution in [3.63, 3.8) is 0 Å². The monoisotopic (exact) mass is 328 g/mol. The summed E-state index contributed by atoms with van der Waals surface area (Å²) in [5.74, 6) is 0.0864. The first-order valence-electron chi connectivity index (χ1n) is 6.99. The molecule has 1 aromatic carbocycles. The second kappa shape index (κ2) is 10.9. The van der Waals surface area contributed by atoms with Crippen molar-refractivity contribution >= 4 is 12.4 Å². The maximum Gasteiger partial charge on any atom is 1.00 e. The van der Waals surface area contributed by atoms with Crippen molar-refractivity contribution in [3.8, 4) is 11.5 Å². The number of rotatable bonds is 9. The van der Waals surface area contributed by atoms with E-state index < -0.39 is 12.4 Å². The molecule has 0 spiro atoms. The molecule has 7 heteroatoms. The standard InChI is InChI=1S/C14H21BF3O2.K/c1-3-4-5-6-7-10-20-14-9-8-12(19-2)11-13(14)15(16,17)18;/h8-9,11H,3-7,10H2,1-2H3;/q-1;+1. The van der Waals surface area contributed by atoms with Crippen LogP contribution >= 0.6 is 0 Å². The molecule has 0 N–H and O–H groups in total. The Hall–Kier alpha value is 0.311. The number of halogens is 3. The fourth-order valence-electron chi connectivity index (χ4n) is 1.93. The van der Waals surface area contributed by atoms with Crippen LogP contribution in [0.3, 0.4) is 0 Å². The molecule has 0 saturated carbocycles. The van der Waals surface area contributed by atoms with Crippen molar-refractivity contribution in [3.05, 3.63) is 18.2 Å². The van der Waals surface area contributed by atoms with Gasteiger partial charge in [0.1, 0.15) is 5.75 Å². The number of hydrogen-bond donors (Lipinski definition) is 0. The van der Waals surface area contributed by atoms with Gasteiger partial charge in [-0.25, -0.2) is 0 Å². The molecule has 0 aromatic heterocycles. The predicted octanol–water partition coefficient (Wildman–Crippen LogP) is 1.10. The quantitative estimate of drug-likeness (QED) is 0.499. The maximum absolute atomic E-state index is 13.0. The molecule has 1 rings (SSSR count). The first-order valence-corrected chi connectivity index (χ1v) is 6.99. The van der Waals surface area contributed by atoms with E-state index in [1.54, 1.807) is 0 Å². The van der Waals surface area contributed by atoms with Crippen molar-refractivity contribution in [1.29, 1.82) is 0 Å². The van der Waals surface area contributed by atoms with Gasteiger partial charge >= 0.3 is 58.4 Å². The summed E-state index contributed by atoms with van der Waals surface area (Å²) in [6.45, 7) is -2.67. The third-order valence-corrected chi connectivity index (χ3v) is 3.08. The van der Waals surface area contributed by atoms with Crippen LogP contribution in [0.2, 0.25) is 0 Å². The van der Waals surface area contributed by atoms with E-state index in [0.29, 0.717) is 6.61 Å². The summed E-state index contributed by atoms with van der Waals surface area (Å²) in [5, 5.41) is 0. The zero-order valence-electron chi connectivity index (χ0n) is 13.0. The smallest absolute Gasteiger partial charge is 0.497 e. The molecule has 0 aliphatic heterocycles. The molecule has 0 radical (unpaired) electrons. The molecule has 0 heterocycles. The Bertz CT molecular complexity index is 414. The van der Waals surface area contributed by atoms with Gasteiger partial charge < -0.3 is 22.4 Å². The number of benzene rings is 1. The van der Waals surface area contributed by atoms with Gasteiger partial charge in [0, 0.05) is 0 Å². The molecule has 114 valence electrons. The third-order valence-electron chi connectivity index (χ3n) is 3.08. The van der Waals surface area contributed by atoms with Gasteiger partial charge in [-0.05, 0) is 24.6 Å². The van der Waals surface area contributed by atoms with Crippen LogP contribution in [0.5, 0.6) is 11.5 Å². The van der Waals surface area contributed by atoms with Crippen molar-refractivity contribution < 1.29 is 73.8 Å². The van der Waals surface area contributed by atoms with Gasteiger partial charge in [-0.2, -0.15) is 0 Å². The maximum atomic E-state index is 13.0. The van der Waals surface area contributed by atoms with Crippen LogP contribution in [0, 0.1) is 0 Å². The van der Waals surface area contributed by atoms with Crippen molar-refractivity contribution in [2.24, 2.45) is 0 Å². The largest absolute Gasteiger partial charge is 1.00 e. The summed E-state index contributed by atoms with van der Waals surface area (Å²) < 4.78 is 49.0. The number of ether oxygens (including phenoxy) is 2. The average molecular weight is 328 g/mol. The van der Waals surface area contributed by atoms with E-state index in [-0.39, 0.29) is 62.9 Å². The van der Waals surface area contributed by atoms with E-state index in [0.717, 1.165) is 38.2 Å². The van der Waals surface area contributed by atoms with E-state index in [9.17, 15) is 12.9 Å². The molecule has 21 heavy (non-hydrogen) atoms. The molecule has 0 bridgehead atoms. The second-order valence-corrected chi connectivity index (χ2v) is 4.74. The van der Waals surface area contributed by atoms with E-state index in [1.807, 2.05) is 0 Å². The molecule has 0 unspecified atom stereocenters. The topological polar surface area (TPSA) is 18.5 Å². The summed E-state index contributed by atoms with van der Waals surface area (Å²) in [6.07, 6.45) is 5.14. The number of hydrogen-bond acceptors (Lipinski definition) is 2. The Balaban J connectivity index is 0.00000400. The molecule has 0 aliphatic rings. The van der Waals surface area contributed by atoms with Crippen LogP contribution in [0.15, 0.2) is 18.2 Å². The van der Waals surface area contributed by atoms with Gasteiger partial charge in [0.05, 0.1) is 19.5 Å². The van der Waals surface area contributed by atoms with E-state index >= 15 is 0 Å². The SMILES string of the molecule is CCCCCCCOc1ccc(OC)cc1[B-](F)(F)F.[K+]. The number of methoxy groups -OCH3 is 1. The molecule has 0 atom stereocenters. The minimum atomic E-state index is -5.10. The van der Waals surface area contributed by atoms with Gasteiger partial charge in [-0.3, -0.25) is 0 Å². The van der Waals surface area contributed by atoms with Gasteiger partial charge in [0.15, 0.2) is 0 Å². The van der Waals surface area contributed by atoms with Gasteiger partial charge in [0.2, 0.25) is 0 Å². The molecule has 0 saturated heterocycles. The molecule has 2 nitrogen and oxygen atoms in total. The summed E-state index contributed by atoms with van der Waals surface area (Å²) in [4.78, 5) is 0. The van der Waals surface area contributed by atoms with Crippen LogP contribution in [0.1, 0.15) is 39.0 Å². The molecule has 0 fully saturated rings. The summed E-state index contributed by atoms with van der Waals surface area (Å²) >= 11 is 0. The minimum Gasteiger partial charge on any atom is -0.497 e. The average Bonchev–Trinajstić information content (AvgIpc) is 2.41. The van der Waals surface area contributed by atoms with E-state index in [1.165, 1.54) is 19.2 Å². The van der Waals surface area contributed by atoms with Crippen molar-refractivity contribution in [2.45, 2.75) is 39.0 Å². The van der Waals surface area contributed by atoms with Gasteiger partial charge in [-0.1, -0.05) is 38.1 Å². The van der Waals surface area contributed by atoms with Crippen molar-refractivity contribution in [1.82, 2.24) is 0 Å². The Morgan fingerprint density at radius 3 is 2.29 bits per heavy atom. The summed E-state index contributed by atoms with van der Waals surface area (Å²) in [7, 11) is 1.34. The zero-order chi connectivity index (χ0) is 15.0. The van der Waals surface area contributed by atoms with E-state index in [2.05, 4.69) is 6.92 Å². The van der Waals surface area contributed by atoms with E-state index in [4.69, 9.17) is 9.47 Å². The van der Waals surface area contributed by atoms with Crippen LogP contribution in [-0.4, -0.2) is 20.7 Å². The molecule has 0 amide bonds. The first-order chi connectivity index (χ1) is 9.49. The molecular formula is C14H21BF3KO2. The van der Waals surface area contributed by atoms with Crippen LogP contribution in [-0.2, 0) is 0 Å². The number of unbranched alkanes of at least 4 members (excludes halogenated alkanes) is 4. The van der Waals surface area contributed by atoms with Gasteiger partial charge in [-0.15, -0.1) is 0 Å². The molecule has 1 aromatic rings. The zero-order valence-corrected chi connectivity index (χ0v) is 16.1. The Labute approximate surface area is 167 Å². The van der Waals surface area contributed by atoms with Crippen LogP contribution < -0.4 is 66.3 Å². The normalized spacial score (nSPS) is 10.9. The molecular weight excluding hydrogens is 307 g/mol. The second-order valence-electron chi connectivity index (χ2n) is 4.74. The molecule has 0 aliphatic carbocycles. The minimum absolute atomic E-state index is 0. The van der Waals surface area contributed by atoms with Crippen LogP contribution in [0.25, 0.3) is 0 Å². The summed E-state index contributed by atoms with van der Waals surface area (Å²) in [6, 6.07) is 3.81. The fourth-order valence-corrected chi connectivity index (χ4v) is 1.93. The third kappa shape index (κ3) is 7.93. The van der Waals surface area contributed by atoms with Crippen molar-refractivity contribution in [2.75, 3.05) is 13.7 Å². The first kappa shape index (κ1) is 21.3. The Kier molecular flexibility index (Phi) is 11.1. The summed E-state index contributed by atoms with van der Waals surface area (Å²) in [5.41, 5.74) is -0.724. The fraction of sp³-hybridized carbons (Fsp3) is 0.571. The van der Waals surface area contributed by atoms with Gasteiger partial charge in [0.25, 0.3) is 0 Å². The predicted molar refractivity (Wildman–Crippen MR) is 76.0 cm³/mol. The Morgan fingerprint density at radius 1 is 1.05 bits per heavy atom. The Morgan fingerprint density at radius 2 is 1.71 bits per heavy atom. The van der Waals surface area contributed by atoms with Crippen LogP contribution in [0.4, 0.5) is 12.9 Å².